The highest BCUT2D eigenvalue weighted by Gasteiger charge is 2.30. The second-order valence-corrected chi connectivity index (χ2v) is 8.33. The third-order valence-corrected chi connectivity index (χ3v) is 6.40. The number of thioether (sulfide) groups is 1. The Labute approximate surface area is 113 Å². The van der Waals surface area contributed by atoms with Gasteiger partial charge in [0, 0.05) is 31.8 Å². The molecule has 18 heavy (non-hydrogen) atoms. The van der Waals surface area contributed by atoms with E-state index in [1.165, 1.54) is 0 Å². The van der Waals surface area contributed by atoms with Crippen molar-refractivity contribution in [1.29, 1.82) is 0 Å². The van der Waals surface area contributed by atoms with Crippen LogP contribution in [0.1, 0.15) is 12.8 Å². The molecule has 1 amide bonds. The monoisotopic (exact) mass is 292 g/mol. The Kier molecular flexibility index (Phi) is 4.55. The molecule has 104 valence electrons. The minimum absolute atomic E-state index is 0.104. The van der Waals surface area contributed by atoms with Crippen molar-refractivity contribution in [2.45, 2.75) is 12.8 Å². The van der Waals surface area contributed by atoms with E-state index in [1.807, 2.05) is 16.8 Å². The maximum atomic E-state index is 12.3. The maximum absolute atomic E-state index is 12.3. The first-order chi connectivity index (χ1) is 8.49. The fraction of sp³-hybridized carbons (Fsp3) is 0.909. The number of hydrogen-bond donors (Lipinski definition) is 0. The smallest absolute Gasteiger partial charge is 0.240 e. The van der Waals surface area contributed by atoms with Gasteiger partial charge in [0.2, 0.25) is 5.91 Å². The lowest BCUT2D eigenvalue weighted by Gasteiger charge is -2.37. The van der Waals surface area contributed by atoms with Gasteiger partial charge >= 0.3 is 0 Å². The average Bonchev–Trinajstić information content (AvgIpc) is 2.38. The summed E-state index contributed by atoms with van der Waals surface area (Å²) in [5.74, 6) is 2.60. The van der Waals surface area contributed by atoms with Gasteiger partial charge in [0.25, 0.3) is 0 Å². The van der Waals surface area contributed by atoms with E-state index in [9.17, 15) is 13.2 Å². The van der Waals surface area contributed by atoms with E-state index in [0.29, 0.717) is 13.1 Å². The molecule has 2 rings (SSSR count). The molecule has 0 aliphatic carbocycles. The van der Waals surface area contributed by atoms with Crippen molar-refractivity contribution in [3.63, 3.8) is 0 Å². The average molecular weight is 292 g/mol. The van der Waals surface area contributed by atoms with Gasteiger partial charge in [-0.05, 0) is 18.6 Å². The Balaban J connectivity index is 1.90. The molecule has 2 fully saturated rings. The Morgan fingerprint density at radius 1 is 1.33 bits per heavy atom. The van der Waals surface area contributed by atoms with E-state index in [2.05, 4.69) is 0 Å². The second-order valence-electron chi connectivity index (χ2n) is 4.88. The number of carbonyl (C=O) groups excluding carboxylic acids is 1. The van der Waals surface area contributed by atoms with Crippen LogP contribution in [-0.4, -0.2) is 67.5 Å². The summed E-state index contributed by atoms with van der Waals surface area (Å²) in [5.41, 5.74) is 0. The Morgan fingerprint density at radius 2 is 2.00 bits per heavy atom. The van der Waals surface area contributed by atoms with Crippen molar-refractivity contribution in [3.05, 3.63) is 0 Å². The molecule has 0 bridgehead atoms. The number of hydrazine groups is 1. The summed E-state index contributed by atoms with van der Waals surface area (Å²) in [5, 5.41) is 3.51. The third kappa shape index (κ3) is 3.39. The van der Waals surface area contributed by atoms with E-state index in [0.717, 1.165) is 24.3 Å². The molecule has 2 aliphatic heterocycles. The van der Waals surface area contributed by atoms with Gasteiger partial charge in [0.1, 0.15) is 0 Å². The standard InChI is InChI=1S/C11H20N2O3S2/c1-12(11(14)10-3-2-6-17-9-10)13-4-7-18(15,16)8-5-13/h10H,2-9H2,1H3. The van der Waals surface area contributed by atoms with Gasteiger partial charge in [-0.3, -0.25) is 9.80 Å². The molecule has 0 aromatic carbocycles. The lowest BCUT2D eigenvalue weighted by atomic mass is 10.0. The number of nitrogens with zero attached hydrogens (tertiary/aromatic N) is 2. The lowest BCUT2D eigenvalue weighted by molar-refractivity contribution is -0.149. The highest BCUT2D eigenvalue weighted by Crippen LogP contribution is 2.24. The van der Waals surface area contributed by atoms with Gasteiger partial charge in [-0.15, -0.1) is 0 Å². The van der Waals surface area contributed by atoms with E-state index in [4.69, 9.17) is 0 Å². The highest BCUT2D eigenvalue weighted by atomic mass is 32.2. The van der Waals surface area contributed by atoms with E-state index >= 15 is 0 Å². The number of carbonyl (C=O) groups is 1. The molecule has 0 aromatic heterocycles. The van der Waals surface area contributed by atoms with Crippen LogP contribution in [0.5, 0.6) is 0 Å². The van der Waals surface area contributed by atoms with Gasteiger partial charge in [-0.25, -0.2) is 13.4 Å². The number of rotatable bonds is 2. The first kappa shape index (κ1) is 14.1. The largest absolute Gasteiger partial charge is 0.278 e. The zero-order valence-corrected chi connectivity index (χ0v) is 12.3. The van der Waals surface area contributed by atoms with Crippen LogP contribution in [0.4, 0.5) is 0 Å². The molecule has 7 heteroatoms. The van der Waals surface area contributed by atoms with Crippen molar-refractivity contribution in [2.75, 3.05) is 43.1 Å². The molecular weight excluding hydrogens is 272 g/mol. The van der Waals surface area contributed by atoms with Crippen molar-refractivity contribution >= 4 is 27.5 Å². The summed E-state index contributed by atoms with van der Waals surface area (Å²) in [7, 11) is -1.12. The van der Waals surface area contributed by atoms with Gasteiger partial charge in [-0.2, -0.15) is 11.8 Å². The van der Waals surface area contributed by atoms with Crippen LogP contribution in [0, 0.1) is 5.92 Å². The topological polar surface area (TPSA) is 57.7 Å². The van der Waals surface area contributed by atoms with E-state index in [-0.39, 0.29) is 23.3 Å². The molecule has 1 atom stereocenters. The van der Waals surface area contributed by atoms with Crippen molar-refractivity contribution < 1.29 is 13.2 Å². The summed E-state index contributed by atoms with van der Waals surface area (Å²) in [6.45, 7) is 0.870. The molecule has 2 saturated heterocycles. The molecule has 1 unspecified atom stereocenters. The lowest BCUT2D eigenvalue weighted by Crippen LogP contribution is -2.53. The number of sulfone groups is 1. The molecule has 0 N–H and O–H groups in total. The first-order valence-electron chi connectivity index (χ1n) is 6.30. The van der Waals surface area contributed by atoms with E-state index in [1.54, 1.807) is 12.1 Å². The molecule has 0 aromatic rings. The Bertz CT molecular complexity index is 391. The van der Waals surface area contributed by atoms with Crippen LogP contribution in [-0.2, 0) is 14.6 Å². The van der Waals surface area contributed by atoms with Crippen LogP contribution in [0.15, 0.2) is 0 Å². The van der Waals surface area contributed by atoms with Crippen molar-refractivity contribution in [3.8, 4) is 0 Å². The van der Waals surface area contributed by atoms with Crippen LogP contribution < -0.4 is 0 Å². The zero-order chi connectivity index (χ0) is 13.2. The maximum Gasteiger partial charge on any atom is 0.240 e. The second kappa shape index (κ2) is 5.79. The predicted octanol–water partition coefficient (Wildman–Crippen LogP) is 0.233. The molecular formula is C11H20N2O3S2. The molecule has 2 aliphatic rings. The minimum Gasteiger partial charge on any atom is -0.278 e. The molecule has 0 radical (unpaired) electrons. The molecule has 2 heterocycles. The number of amides is 1. The molecule has 0 spiro atoms. The van der Waals surface area contributed by atoms with Gasteiger partial charge < -0.3 is 0 Å². The number of hydrogen-bond acceptors (Lipinski definition) is 5. The summed E-state index contributed by atoms with van der Waals surface area (Å²) < 4.78 is 22.7. The van der Waals surface area contributed by atoms with Crippen LogP contribution >= 0.6 is 11.8 Å². The third-order valence-electron chi connectivity index (χ3n) is 3.57. The Morgan fingerprint density at radius 3 is 2.56 bits per heavy atom. The predicted molar refractivity (Wildman–Crippen MR) is 73.0 cm³/mol. The van der Waals surface area contributed by atoms with Crippen LogP contribution in [0.25, 0.3) is 0 Å². The molecule has 5 nitrogen and oxygen atoms in total. The van der Waals surface area contributed by atoms with Gasteiger partial charge in [0.15, 0.2) is 9.84 Å². The van der Waals surface area contributed by atoms with E-state index < -0.39 is 9.84 Å². The quantitative estimate of drug-likeness (QED) is 0.729. The van der Waals surface area contributed by atoms with Gasteiger partial charge in [0.05, 0.1) is 11.5 Å². The summed E-state index contributed by atoms with van der Waals surface area (Å²) in [4.78, 5) is 12.3. The van der Waals surface area contributed by atoms with Crippen LogP contribution in [0.2, 0.25) is 0 Å². The van der Waals surface area contributed by atoms with Gasteiger partial charge in [-0.1, -0.05) is 0 Å². The molecule has 0 saturated carbocycles. The summed E-state index contributed by atoms with van der Waals surface area (Å²) >= 11 is 1.83. The minimum atomic E-state index is -2.88. The summed E-state index contributed by atoms with van der Waals surface area (Å²) in [6, 6.07) is 0. The highest BCUT2D eigenvalue weighted by molar-refractivity contribution is 7.99. The summed E-state index contributed by atoms with van der Waals surface area (Å²) in [6.07, 6.45) is 2.06. The van der Waals surface area contributed by atoms with Crippen LogP contribution in [0.3, 0.4) is 0 Å². The van der Waals surface area contributed by atoms with Crippen molar-refractivity contribution in [2.24, 2.45) is 5.92 Å². The fourth-order valence-electron chi connectivity index (χ4n) is 2.34. The zero-order valence-electron chi connectivity index (χ0n) is 10.7. The SMILES string of the molecule is CN(C(=O)C1CCCSC1)N1CCS(=O)(=O)CC1. The fourth-order valence-corrected chi connectivity index (χ4v) is 4.66. The Hall–Kier alpha value is -0.270. The first-order valence-corrected chi connectivity index (χ1v) is 9.28. The van der Waals surface area contributed by atoms with Crippen molar-refractivity contribution in [1.82, 2.24) is 10.0 Å². The normalized spacial score (nSPS) is 28.8.